The minimum atomic E-state index is -0.215. The molecule has 2 aliphatic rings. The molecule has 0 N–H and O–H groups in total. The molecule has 2 heterocycles. The van der Waals surface area contributed by atoms with Gasteiger partial charge in [0.2, 0.25) is 0 Å². The lowest BCUT2D eigenvalue weighted by Crippen LogP contribution is -2.37. The Morgan fingerprint density at radius 3 is 2.18 bits per heavy atom. The van der Waals surface area contributed by atoms with Gasteiger partial charge in [0.05, 0.1) is 18.2 Å². The summed E-state index contributed by atoms with van der Waals surface area (Å²) in [4.78, 5) is 28.5. The highest BCUT2D eigenvalue weighted by Crippen LogP contribution is 2.35. The fourth-order valence-corrected chi connectivity index (χ4v) is 6.55. The molecule has 1 unspecified atom stereocenters. The van der Waals surface area contributed by atoms with Crippen molar-refractivity contribution in [2.24, 2.45) is 11.8 Å². The molecule has 5 rings (SSSR count). The zero-order valence-corrected chi connectivity index (χ0v) is 22.8. The second kappa shape index (κ2) is 12.1. The van der Waals surface area contributed by atoms with E-state index in [9.17, 15) is 9.59 Å². The Bertz CT molecular complexity index is 1230. The maximum Gasteiger partial charge on any atom is 0.332 e. The Morgan fingerprint density at radius 1 is 0.868 bits per heavy atom. The molecular formula is C32H41N3O3. The van der Waals surface area contributed by atoms with Gasteiger partial charge < -0.3 is 9.64 Å². The molecule has 1 aromatic heterocycles. The van der Waals surface area contributed by atoms with Gasteiger partial charge in [-0.15, -0.1) is 0 Å². The quantitative estimate of drug-likeness (QED) is 0.328. The van der Waals surface area contributed by atoms with E-state index < -0.39 is 0 Å². The van der Waals surface area contributed by atoms with Crippen molar-refractivity contribution in [2.75, 3.05) is 24.6 Å². The first-order valence-electron chi connectivity index (χ1n) is 14.4. The summed E-state index contributed by atoms with van der Waals surface area (Å²) in [6, 6.07) is 18.6. The van der Waals surface area contributed by atoms with E-state index in [0.29, 0.717) is 12.5 Å². The van der Waals surface area contributed by atoms with Crippen LogP contribution in [0.2, 0.25) is 0 Å². The van der Waals surface area contributed by atoms with Crippen LogP contribution in [0.1, 0.15) is 76.3 Å². The zero-order valence-electron chi connectivity index (χ0n) is 22.8. The minimum Gasteiger partial charge on any atom is -0.466 e. The molecule has 3 aromatic rings. The zero-order chi connectivity index (χ0) is 26.5. The molecule has 2 aromatic carbocycles. The third-order valence-electron chi connectivity index (χ3n) is 8.78. The van der Waals surface area contributed by atoms with Crippen LogP contribution in [0.25, 0.3) is 5.69 Å². The fraction of sp³-hybridized carbons (Fsp3) is 0.500. The standard InChI is InChI=1S/C32H41N3O3/c1-3-38-31(36)30(26-12-8-5-9-13-26)27-18-20-33(21-19-27)28-14-16-29(17-15-28)35-23-22-34(32(35)37)24(2)25-10-6-4-7-11-25/h5,8-9,12-17,22-25,27,30H,3-4,6-7,10-11,18-21H2,1-2H3/t24-,30?/m0/s1. The summed E-state index contributed by atoms with van der Waals surface area (Å²) < 4.78 is 9.14. The molecule has 1 aliphatic heterocycles. The monoisotopic (exact) mass is 515 g/mol. The van der Waals surface area contributed by atoms with Crippen LogP contribution in [0.5, 0.6) is 0 Å². The highest BCUT2D eigenvalue weighted by atomic mass is 16.5. The van der Waals surface area contributed by atoms with Crippen molar-refractivity contribution in [2.45, 2.75) is 70.8 Å². The largest absolute Gasteiger partial charge is 0.466 e. The molecule has 0 bridgehead atoms. The Kier molecular flexibility index (Phi) is 8.35. The maximum atomic E-state index is 13.2. The first-order valence-corrected chi connectivity index (χ1v) is 14.4. The van der Waals surface area contributed by atoms with Gasteiger partial charge in [0.25, 0.3) is 0 Å². The average molecular weight is 516 g/mol. The Labute approximate surface area is 226 Å². The highest BCUT2D eigenvalue weighted by molar-refractivity contribution is 5.78. The second-order valence-corrected chi connectivity index (χ2v) is 11.0. The third-order valence-corrected chi connectivity index (χ3v) is 8.78. The number of ether oxygens (including phenoxy) is 1. The van der Waals surface area contributed by atoms with E-state index in [1.54, 1.807) is 4.57 Å². The number of benzene rings is 2. The van der Waals surface area contributed by atoms with Gasteiger partial charge in [0.15, 0.2) is 0 Å². The number of piperidine rings is 1. The lowest BCUT2D eigenvalue weighted by Gasteiger charge is -2.36. The van der Waals surface area contributed by atoms with Crippen molar-refractivity contribution in [3.63, 3.8) is 0 Å². The van der Waals surface area contributed by atoms with E-state index in [2.05, 4.69) is 24.0 Å². The lowest BCUT2D eigenvalue weighted by atomic mass is 9.80. The van der Waals surface area contributed by atoms with Crippen molar-refractivity contribution >= 4 is 11.7 Å². The summed E-state index contributed by atoms with van der Waals surface area (Å²) in [5, 5.41) is 0. The van der Waals surface area contributed by atoms with Crippen LogP contribution in [-0.4, -0.2) is 34.8 Å². The number of hydrogen-bond donors (Lipinski definition) is 0. The molecule has 38 heavy (non-hydrogen) atoms. The third kappa shape index (κ3) is 5.59. The van der Waals surface area contributed by atoms with Crippen molar-refractivity contribution in [1.82, 2.24) is 9.13 Å². The molecule has 0 radical (unpaired) electrons. The number of carbonyl (C=O) groups is 1. The van der Waals surface area contributed by atoms with Gasteiger partial charge in [-0.05, 0) is 81.2 Å². The van der Waals surface area contributed by atoms with Crippen molar-refractivity contribution in [3.8, 4) is 5.69 Å². The SMILES string of the molecule is CCOC(=O)C(c1ccccc1)C1CCN(c2ccc(-n3ccn([C@@H](C)C4CCCCC4)c3=O)cc2)CC1. The van der Waals surface area contributed by atoms with Crippen LogP contribution in [0.4, 0.5) is 5.69 Å². The minimum absolute atomic E-state index is 0.0440. The maximum absolute atomic E-state index is 13.2. The smallest absolute Gasteiger partial charge is 0.332 e. The van der Waals surface area contributed by atoms with Crippen LogP contribution < -0.4 is 10.6 Å². The van der Waals surface area contributed by atoms with E-state index in [1.807, 2.05) is 66.3 Å². The molecule has 0 spiro atoms. The molecule has 6 heteroatoms. The lowest BCUT2D eigenvalue weighted by molar-refractivity contribution is -0.146. The molecule has 0 amide bonds. The Hall–Kier alpha value is -3.28. The van der Waals surface area contributed by atoms with Crippen LogP contribution in [0.3, 0.4) is 0 Å². The molecule has 1 saturated carbocycles. The summed E-state index contributed by atoms with van der Waals surface area (Å²) in [5.74, 6) is 0.522. The molecule has 6 nitrogen and oxygen atoms in total. The average Bonchev–Trinajstić information content (AvgIpc) is 3.35. The molecule has 202 valence electrons. The molecule has 2 fully saturated rings. The van der Waals surface area contributed by atoms with Gasteiger partial charge in [0.1, 0.15) is 0 Å². The van der Waals surface area contributed by atoms with Crippen LogP contribution in [0, 0.1) is 11.8 Å². The molecule has 1 aliphatic carbocycles. The first kappa shape index (κ1) is 26.3. The van der Waals surface area contributed by atoms with Crippen molar-refractivity contribution < 1.29 is 9.53 Å². The van der Waals surface area contributed by atoms with E-state index in [-0.39, 0.29) is 29.5 Å². The highest BCUT2D eigenvalue weighted by Gasteiger charge is 2.33. The number of aromatic nitrogens is 2. The van der Waals surface area contributed by atoms with Gasteiger partial charge >= 0.3 is 11.7 Å². The summed E-state index contributed by atoms with van der Waals surface area (Å²) in [6.45, 7) is 6.24. The normalized spacial score (nSPS) is 18.7. The summed E-state index contributed by atoms with van der Waals surface area (Å²) >= 11 is 0. The fourth-order valence-electron chi connectivity index (χ4n) is 6.55. The van der Waals surface area contributed by atoms with Crippen LogP contribution in [-0.2, 0) is 9.53 Å². The van der Waals surface area contributed by atoms with E-state index in [0.717, 1.165) is 42.9 Å². The Morgan fingerprint density at radius 2 is 1.53 bits per heavy atom. The second-order valence-electron chi connectivity index (χ2n) is 11.0. The van der Waals surface area contributed by atoms with Gasteiger partial charge in [-0.2, -0.15) is 0 Å². The molecule has 2 atom stereocenters. The topological polar surface area (TPSA) is 56.5 Å². The van der Waals surface area contributed by atoms with Gasteiger partial charge in [-0.1, -0.05) is 49.6 Å². The van der Waals surface area contributed by atoms with E-state index in [1.165, 1.54) is 32.1 Å². The van der Waals surface area contributed by atoms with E-state index in [4.69, 9.17) is 4.74 Å². The number of nitrogens with zero attached hydrogens (tertiary/aromatic N) is 3. The summed E-state index contributed by atoms with van der Waals surface area (Å²) in [5.41, 5.74) is 3.14. The first-order chi connectivity index (χ1) is 18.6. The van der Waals surface area contributed by atoms with Gasteiger partial charge in [0, 0.05) is 37.2 Å². The van der Waals surface area contributed by atoms with Gasteiger partial charge in [-0.3, -0.25) is 13.9 Å². The Balaban J connectivity index is 1.24. The molecule has 1 saturated heterocycles. The predicted molar refractivity (Wildman–Crippen MR) is 152 cm³/mol. The number of imidazole rings is 1. The number of rotatable bonds is 8. The number of anilines is 1. The molecular weight excluding hydrogens is 474 g/mol. The number of esters is 1. The van der Waals surface area contributed by atoms with Crippen molar-refractivity contribution in [3.05, 3.63) is 83.0 Å². The summed E-state index contributed by atoms with van der Waals surface area (Å²) in [6.07, 6.45) is 12.0. The van der Waals surface area contributed by atoms with Crippen LogP contribution >= 0.6 is 0 Å². The summed E-state index contributed by atoms with van der Waals surface area (Å²) in [7, 11) is 0. The number of hydrogen-bond acceptors (Lipinski definition) is 4. The predicted octanol–water partition coefficient (Wildman–Crippen LogP) is 6.34. The van der Waals surface area contributed by atoms with Crippen molar-refractivity contribution in [1.29, 1.82) is 0 Å². The van der Waals surface area contributed by atoms with Gasteiger partial charge in [-0.25, -0.2) is 4.79 Å². The van der Waals surface area contributed by atoms with Crippen LogP contribution in [0.15, 0.2) is 71.8 Å². The number of carbonyl (C=O) groups excluding carboxylic acids is 1. The van der Waals surface area contributed by atoms with E-state index >= 15 is 0 Å².